The van der Waals surface area contributed by atoms with Crippen LogP contribution < -0.4 is 15.8 Å². The molecule has 0 saturated heterocycles. The van der Waals surface area contributed by atoms with Crippen molar-refractivity contribution in [3.05, 3.63) is 54.1 Å². The van der Waals surface area contributed by atoms with Crippen LogP contribution in [0.25, 0.3) is 11.5 Å². The summed E-state index contributed by atoms with van der Waals surface area (Å²) in [6.45, 7) is 1.52. The topological polar surface area (TPSA) is 125 Å². The molecular weight excluding hydrogens is 408 g/mol. The van der Waals surface area contributed by atoms with Crippen LogP contribution in [0.15, 0.2) is 51.8 Å². The van der Waals surface area contributed by atoms with Crippen LogP contribution in [0.1, 0.15) is 6.92 Å². The summed E-state index contributed by atoms with van der Waals surface area (Å²) >= 11 is 0. The van der Waals surface area contributed by atoms with Crippen LogP contribution in [0.2, 0.25) is 0 Å². The summed E-state index contributed by atoms with van der Waals surface area (Å²) in [4.78, 5) is 15.0. The molecule has 0 aliphatic heterocycles. The molecule has 11 heteroatoms. The Balaban J connectivity index is 1.98. The van der Waals surface area contributed by atoms with Gasteiger partial charge in [-0.2, -0.15) is 4.98 Å². The van der Waals surface area contributed by atoms with Crippen LogP contribution in [0.5, 0.6) is 5.88 Å². The lowest BCUT2D eigenvalue weighted by atomic mass is 10.2. The molecule has 152 valence electrons. The number of hydrogen-bond donors (Lipinski definition) is 2. The quantitative estimate of drug-likeness (QED) is 0.620. The van der Waals surface area contributed by atoms with Gasteiger partial charge in [-0.05, 0) is 36.4 Å². The third kappa shape index (κ3) is 4.35. The number of halogens is 2. The van der Waals surface area contributed by atoms with Gasteiger partial charge in [0.25, 0.3) is 11.8 Å². The number of nitrogens with zero attached hydrogens (tertiary/aromatic N) is 1. The third-order valence-electron chi connectivity index (χ3n) is 3.82. The van der Waals surface area contributed by atoms with E-state index in [1.165, 1.54) is 37.3 Å². The van der Waals surface area contributed by atoms with E-state index >= 15 is 0 Å². The summed E-state index contributed by atoms with van der Waals surface area (Å²) < 4.78 is 61.8. The normalized spacial score (nSPS) is 11.3. The Morgan fingerprint density at radius 1 is 1.17 bits per heavy atom. The van der Waals surface area contributed by atoms with E-state index in [1.807, 2.05) is 0 Å². The zero-order valence-electron chi connectivity index (χ0n) is 15.0. The number of anilines is 2. The van der Waals surface area contributed by atoms with E-state index in [4.69, 9.17) is 14.9 Å². The summed E-state index contributed by atoms with van der Waals surface area (Å²) in [7, 11) is -3.39. The largest absolute Gasteiger partial charge is 0.416 e. The molecule has 0 bridgehead atoms. The highest BCUT2D eigenvalue weighted by Gasteiger charge is 2.23. The Hall–Kier alpha value is -3.47. The third-order valence-corrected chi connectivity index (χ3v) is 5.57. The molecule has 29 heavy (non-hydrogen) atoms. The number of nitrogens with one attached hydrogen (secondary N) is 1. The highest BCUT2D eigenvalue weighted by atomic mass is 32.2. The number of hydrogen-bond acceptors (Lipinski definition) is 7. The number of sulfone groups is 1. The van der Waals surface area contributed by atoms with Gasteiger partial charge in [0.15, 0.2) is 9.84 Å². The second kappa shape index (κ2) is 7.87. The summed E-state index contributed by atoms with van der Waals surface area (Å²) in [5.41, 5.74) is 4.77. The van der Waals surface area contributed by atoms with Crippen molar-refractivity contribution in [2.75, 3.05) is 11.1 Å². The minimum Gasteiger partial charge on any atom is -0.416 e. The van der Waals surface area contributed by atoms with Gasteiger partial charge in [0.1, 0.15) is 17.2 Å². The van der Waals surface area contributed by atoms with Gasteiger partial charge in [-0.25, -0.2) is 22.0 Å². The Labute approximate surface area is 164 Å². The van der Waals surface area contributed by atoms with Crippen LogP contribution in [0.4, 0.5) is 25.1 Å². The molecule has 0 saturated carbocycles. The van der Waals surface area contributed by atoms with Crippen LogP contribution in [0.3, 0.4) is 0 Å². The fraction of sp³-hybridized carbons (Fsp3) is 0.111. The fourth-order valence-electron chi connectivity index (χ4n) is 2.40. The van der Waals surface area contributed by atoms with Crippen molar-refractivity contribution >= 4 is 27.5 Å². The molecule has 0 atom stereocenters. The molecule has 3 N–H and O–H groups in total. The Morgan fingerprint density at radius 3 is 2.34 bits per heavy atom. The lowest BCUT2D eigenvalue weighted by molar-refractivity contribution is 0.209. The molecule has 1 aromatic heterocycles. The van der Waals surface area contributed by atoms with Gasteiger partial charge in [0, 0.05) is 5.69 Å². The number of benzene rings is 2. The van der Waals surface area contributed by atoms with Crippen LogP contribution in [0, 0.1) is 11.6 Å². The van der Waals surface area contributed by atoms with Crippen LogP contribution in [-0.2, 0) is 9.84 Å². The first kappa shape index (κ1) is 20.3. The van der Waals surface area contributed by atoms with Gasteiger partial charge >= 0.3 is 6.09 Å². The predicted molar refractivity (Wildman–Crippen MR) is 99.5 cm³/mol. The highest BCUT2D eigenvalue weighted by Crippen LogP contribution is 2.35. The van der Waals surface area contributed by atoms with Crippen molar-refractivity contribution in [3.63, 3.8) is 0 Å². The number of amides is 1. The molecule has 0 spiro atoms. The number of nitrogens with two attached hydrogens (primary N) is 1. The summed E-state index contributed by atoms with van der Waals surface area (Å²) in [6.07, 6.45) is -1.22. The van der Waals surface area contributed by atoms with Crippen molar-refractivity contribution in [3.8, 4) is 17.3 Å². The van der Waals surface area contributed by atoms with Crippen molar-refractivity contribution in [2.24, 2.45) is 5.73 Å². The van der Waals surface area contributed by atoms with E-state index in [0.717, 1.165) is 12.1 Å². The number of rotatable bonds is 6. The molecule has 1 heterocycles. The Bertz CT molecular complexity index is 1140. The molecule has 2 aromatic carbocycles. The molecule has 0 aliphatic rings. The lowest BCUT2D eigenvalue weighted by Crippen LogP contribution is -2.17. The van der Waals surface area contributed by atoms with Crippen molar-refractivity contribution in [2.45, 2.75) is 11.8 Å². The van der Waals surface area contributed by atoms with Crippen LogP contribution in [-0.4, -0.2) is 25.2 Å². The molecule has 0 radical (unpaired) electrons. The summed E-state index contributed by atoms with van der Waals surface area (Å²) in [5, 5.41) is 2.70. The van der Waals surface area contributed by atoms with Crippen molar-refractivity contribution in [1.29, 1.82) is 0 Å². The van der Waals surface area contributed by atoms with Gasteiger partial charge in [0.05, 0.1) is 10.6 Å². The fourth-order valence-corrected chi connectivity index (χ4v) is 3.29. The number of primary amides is 1. The number of carbonyl (C=O) groups is 1. The van der Waals surface area contributed by atoms with E-state index in [9.17, 15) is 22.0 Å². The number of aromatic nitrogens is 1. The first-order chi connectivity index (χ1) is 13.7. The maximum Gasteiger partial charge on any atom is 0.411 e. The first-order valence-corrected chi connectivity index (χ1v) is 9.89. The van der Waals surface area contributed by atoms with Gasteiger partial charge in [0.2, 0.25) is 5.89 Å². The second-order valence-corrected chi connectivity index (χ2v) is 8.00. The predicted octanol–water partition coefficient (Wildman–Crippen LogP) is 3.61. The zero-order valence-corrected chi connectivity index (χ0v) is 15.8. The molecule has 0 aliphatic carbocycles. The smallest absolute Gasteiger partial charge is 0.411 e. The van der Waals surface area contributed by atoms with E-state index in [1.54, 1.807) is 0 Å². The second-order valence-electron chi connectivity index (χ2n) is 5.72. The average Bonchev–Trinajstić information content (AvgIpc) is 3.03. The number of oxazole rings is 1. The molecule has 3 rings (SSSR count). The van der Waals surface area contributed by atoms with Gasteiger partial charge in [-0.1, -0.05) is 13.0 Å². The van der Waals surface area contributed by atoms with E-state index < -0.39 is 44.9 Å². The van der Waals surface area contributed by atoms with E-state index in [-0.39, 0.29) is 16.5 Å². The lowest BCUT2D eigenvalue weighted by Gasteiger charge is -2.06. The molecule has 8 nitrogen and oxygen atoms in total. The molecule has 1 amide bonds. The Morgan fingerprint density at radius 2 is 1.79 bits per heavy atom. The standard InChI is InChI=1S/C18H15F2N3O5S/c1-2-29(25,26)11-8-6-10(7-9-11)22-16-17(28-18(21)24)23-15(27-16)14-12(19)4-3-5-13(14)20/h3-9,22H,2H2,1H3,(H2,21,24). The van der Waals surface area contributed by atoms with E-state index in [0.29, 0.717) is 5.69 Å². The number of ether oxygens (including phenoxy) is 1. The molecule has 0 fully saturated rings. The molecule has 3 aromatic rings. The molecule has 0 unspecified atom stereocenters. The minimum absolute atomic E-state index is 0.0595. The zero-order chi connectivity index (χ0) is 21.2. The van der Waals surface area contributed by atoms with Crippen molar-refractivity contribution < 1.29 is 31.1 Å². The van der Waals surface area contributed by atoms with Crippen molar-refractivity contribution in [1.82, 2.24) is 4.98 Å². The number of carbonyl (C=O) groups excluding carboxylic acids is 1. The highest BCUT2D eigenvalue weighted by molar-refractivity contribution is 7.91. The van der Waals surface area contributed by atoms with E-state index in [2.05, 4.69) is 10.3 Å². The van der Waals surface area contributed by atoms with Crippen LogP contribution >= 0.6 is 0 Å². The SMILES string of the molecule is CCS(=O)(=O)c1ccc(Nc2oc(-c3c(F)cccc3F)nc2OC(N)=O)cc1. The van der Waals surface area contributed by atoms with Gasteiger partial charge < -0.3 is 20.2 Å². The summed E-state index contributed by atoms with van der Waals surface area (Å²) in [5.74, 6) is -3.11. The summed E-state index contributed by atoms with van der Waals surface area (Å²) in [6, 6.07) is 8.79. The Kier molecular flexibility index (Phi) is 5.50. The molecular formula is C18H15F2N3O5S. The monoisotopic (exact) mass is 423 g/mol. The van der Waals surface area contributed by atoms with Gasteiger partial charge in [-0.3, -0.25) is 0 Å². The maximum absolute atomic E-state index is 14.0. The minimum atomic E-state index is -3.39. The maximum atomic E-state index is 14.0. The van der Waals surface area contributed by atoms with Gasteiger partial charge in [-0.15, -0.1) is 0 Å². The first-order valence-electron chi connectivity index (χ1n) is 8.23. The average molecular weight is 423 g/mol.